The number of para-hydroxylation sites is 1. The zero-order valence-electron chi connectivity index (χ0n) is 11.3. The minimum absolute atomic E-state index is 0. The van der Waals surface area contributed by atoms with Crippen LogP contribution in [-0.4, -0.2) is 24.5 Å². The third-order valence-corrected chi connectivity index (χ3v) is 2.33. The number of hydrogen-bond donors (Lipinski definition) is 3. The van der Waals surface area contributed by atoms with Gasteiger partial charge in [-0.15, -0.1) is 24.8 Å². The standard InChI is InChI=1S/C13H21N3O.2ClH/c1-13(2,14)12(17)16-10-6-9-15-11-7-4-3-5-8-11;;/h3-5,7-8,15H,6,9-10,14H2,1-2H3,(H,16,17);2*1H. The molecule has 0 aliphatic rings. The zero-order chi connectivity index (χ0) is 12.7. The molecule has 0 heterocycles. The average molecular weight is 308 g/mol. The second kappa shape index (κ2) is 9.89. The Balaban J connectivity index is 0. The van der Waals surface area contributed by atoms with E-state index in [1.165, 1.54) is 0 Å². The van der Waals surface area contributed by atoms with E-state index >= 15 is 0 Å². The predicted molar refractivity (Wildman–Crippen MR) is 85.3 cm³/mol. The molecule has 1 aromatic rings. The molecule has 6 heteroatoms. The van der Waals surface area contributed by atoms with Crippen molar-refractivity contribution >= 4 is 36.4 Å². The number of rotatable bonds is 6. The summed E-state index contributed by atoms with van der Waals surface area (Å²) in [5, 5.41) is 6.08. The highest BCUT2D eigenvalue weighted by molar-refractivity contribution is 5.85. The van der Waals surface area contributed by atoms with Crippen LogP contribution in [0.25, 0.3) is 0 Å². The van der Waals surface area contributed by atoms with Gasteiger partial charge >= 0.3 is 0 Å². The number of benzene rings is 1. The number of nitrogens with one attached hydrogen (secondary N) is 2. The minimum atomic E-state index is -0.799. The smallest absolute Gasteiger partial charge is 0.239 e. The normalized spacial score (nSPS) is 9.84. The Bertz CT molecular complexity index is 353. The average Bonchev–Trinajstić information content (AvgIpc) is 2.28. The topological polar surface area (TPSA) is 67.2 Å². The van der Waals surface area contributed by atoms with E-state index in [4.69, 9.17) is 5.73 Å². The van der Waals surface area contributed by atoms with E-state index in [-0.39, 0.29) is 30.7 Å². The number of carbonyl (C=O) groups excluding carboxylic acids is 1. The molecular weight excluding hydrogens is 285 g/mol. The van der Waals surface area contributed by atoms with Crippen LogP contribution in [-0.2, 0) is 4.79 Å². The van der Waals surface area contributed by atoms with Gasteiger partial charge in [0.1, 0.15) is 0 Å². The molecule has 0 saturated carbocycles. The molecule has 0 aliphatic heterocycles. The molecule has 0 aromatic heterocycles. The van der Waals surface area contributed by atoms with Crippen LogP contribution in [0.5, 0.6) is 0 Å². The van der Waals surface area contributed by atoms with Crippen molar-refractivity contribution in [1.82, 2.24) is 5.32 Å². The van der Waals surface area contributed by atoms with Crippen molar-refractivity contribution in [3.8, 4) is 0 Å². The Kier molecular flexibility index (Phi) is 10.6. The summed E-state index contributed by atoms with van der Waals surface area (Å²) in [5.41, 5.74) is 5.95. The monoisotopic (exact) mass is 307 g/mol. The second-order valence-corrected chi connectivity index (χ2v) is 4.62. The number of halogens is 2. The molecule has 0 atom stereocenters. The van der Waals surface area contributed by atoms with Crippen LogP contribution in [0.15, 0.2) is 30.3 Å². The number of amides is 1. The van der Waals surface area contributed by atoms with Gasteiger partial charge in [0.15, 0.2) is 0 Å². The summed E-state index contributed by atoms with van der Waals surface area (Å²) in [7, 11) is 0. The molecule has 4 N–H and O–H groups in total. The summed E-state index contributed by atoms with van der Waals surface area (Å²) in [6.45, 7) is 4.86. The molecule has 1 aromatic carbocycles. The van der Waals surface area contributed by atoms with Crippen molar-refractivity contribution in [1.29, 1.82) is 0 Å². The number of nitrogens with two attached hydrogens (primary N) is 1. The van der Waals surface area contributed by atoms with Crippen molar-refractivity contribution < 1.29 is 4.79 Å². The molecule has 0 spiro atoms. The van der Waals surface area contributed by atoms with E-state index in [1.54, 1.807) is 13.8 Å². The van der Waals surface area contributed by atoms with Gasteiger partial charge in [-0.2, -0.15) is 0 Å². The first-order chi connectivity index (χ1) is 8.00. The summed E-state index contributed by atoms with van der Waals surface area (Å²) >= 11 is 0. The quantitative estimate of drug-likeness (QED) is 0.706. The highest BCUT2D eigenvalue weighted by Crippen LogP contribution is 2.04. The number of carbonyl (C=O) groups is 1. The lowest BCUT2D eigenvalue weighted by Crippen LogP contribution is -2.49. The van der Waals surface area contributed by atoms with Gasteiger partial charge in [-0.25, -0.2) is 0 Å². The van der Waals surface area contributed by atoms with Crippen LogP contribution < -0.4 is 16.4 Å². The lowest BCUT2D eigenvalue weighted by molar-refractivity contribution is -0.125. The van der Waals surface area contributed by atoms with E-state index in [0.29, 0.717) is 6.54 Å². The van der Waals surface area contributed by atoms with E-state index in [9.17, 15) is 4.79 Å². The lowest BCUT2D eigenvalue weighted by Gasteiger charge is -2.17. The molecule has 0 bridgehead atoms. The molecule has 19 heavy (non-hydrogen) atoms. The van der Waals surface area contributed by atoms with Gasteiger partial charge < -0.3 is 16.4 Å². The fourth-order valence-corrected chi connectivity index (χ4v) is 1.31. The van der Waals surface area contributed by atoms with Crippen LogP contribution >= 0.6 is 24.8 Å². The number of hydrogen-bond acceptors (Lipinski definition) is 3. The lowest BCUT2D eigenvalue weighted by atomic mass is 10.1. The Morgan fingerprint density at radius 1 is 1.16 bits per heavy atom. The molecule has 0 fully saturated rings. The van der Waals surface area contributed by atoms with Gasteiger partial charge in [-0.1, -0.05) is 18.2 Å². The molecule has 0 radical (unpaired) electrons. The van der Waals surface area contributed by atoms with E-state index in [2.05, 4.69) is 10.6 Å². The summed E-state index contributed by atoms with van der Waals surface area (Å²) < 4.78 is 0. The van der Waals surface area contributed by atoms with Gasteiger partial charge in [0.05, 0.1) is 5.54 Å². The SMILES string of the molecule is CC(C)(N)C(=O)NCCCNc1ccccc1.Cl.Cl. The highest BCUT2D eigenvalue weighted by Gasteiger charge is 2.20. The van der Waals surface area contributed by atoms with Gasteiger partial charge in [-0.3, -0.25) is 4.79 Å². The Morgan fingerprint density at radius 3 is 2.26 bits per heavy atom. The van der Waals surface area contributed by atoms with Crippen LogP contribution in [0.3, 0.4) is 0 Å². The van der Waals surface area contributed by atoms with Gasteiger partial charge in [-0.05, 0) is 32.4 Å². The van der Waals surface area contributed by atoms with Crippen LogP contribution in [0.4, 0.5) is 5.69 Å². The Hall–Kier alpha value is -0.970. The fourth-order valence-electron chi connectivity index (χ4n) is 1.31. The predicted octanol–water partition coefficient (Wildman–Crippen LogP) is 2.19. The maximum absolute atomic E-state index is 11.4. The van der Waals surface area contributed by atoms with Gasteiger partial charge in [0, 0.05) is 18.8 Å². The van der Waals surface area contributed by atoms with Gasteiger partial charge in [0.25, 0.3) is 0 Å². The second-order valence-electron chi connectivity index (χ2n) is 4.62. The fraction of sp³-hybridized carbons (Fsp3) is 0.462. The molecule has 1 amide bonds. The van der Waals surface area contributed by atoms with Crippen molar-refractivity contribution in [2.24, 2.45) is 5.73 Å². The van der Waals surface area contributed by atoms with Crippen LogP contribution in [0.1, 0.15) is 20.3 Å². The largest absolute Gasteiger partial charge is 0.385 e. The summed E-state index contributed by atoms with van der Waals surface area (Å²) in [6.07, 6.45) is 0.872. The van der Waals surface area contributed by atoms with Crippen LogP contribution in [0, 0.1) is 0 Å². The first-order valence-electron chi connectivity index (χ1n) is 5.86. The first-order valence-corrected chi connectivity index (χ1v) is 5.86. The van der Waals surface area contributed by atoms with E-state index in [0.717, 1.165) is 18.7 Å². The van der Waals surface area contributed by atoms with Gasteiger partial charge in [0.2, 0.25) is 5.91 Å². The summed E-state index contributed by atoms with van der Waals surface area (Å²) in [4.78, 5) is 11.4. The van der Waals surface area contributed by atoms with Crippen LogP contribution in [0.2, 0.25) is 0 Å². The molecular formula is C13H23Cl2N3O. The first kappa shape index (κ1) is 20.3. The molecule has 1 rings (SSSR count). The third-order valence-electron chi connectivity index (χ3n) is 2.33. The molecule has 0 aliphatic carbocycles. The molecule has 0 unspecified atom stereocenters. The minimum Gasteiger partial charge on any atom is -0.385 e. The van der Waals surface area contributed by atoms with E-state index < -0.39 is 5.54 Å². The Labute approximate surface area is 127 Å². The van der Waals surface area contributed by atoms with Crippen molar-refractivity contribution in [2.45, 2.75) is 25.8 Å². The van der Waals surface area contributed by atoms with Crippen molar-refractivity contribution in [3.05, 3.63) is 30.3 Å². The molecule has 0 saturated heterocycles. The number of anilines is 1. The highest BCUT2D eigenvalue weighted by atomic mass is 35.5. The molecule has 4 nitrogen and oxygen atoms in total. The molecule has 110 valence electrons. The zero-order valence-corrected chi connectivity index (χ0v) is 12.9. The Morgan fingerprint density at radius 2 is 1.74 bits per heavy atom. The maximum atomic E-state index is 11.4. The van der Waals surface area contributed by atoms with E-state index in [1.807, 2.05) is 30.3 Å². The van der Waals surface area contributed by atoms with Crippen molar-refractivity contribution in [2.75, 3.05) is 18.4 Å². The van der Waals surface area contributed by atoms with Crippen molar-refractivity contribution in [3.63, 3.8) is 0 Å². The summed E-state index contributed by atoms with van der Waals surface area (Å²) in [6, 6.07) is 9.99. The maximum Gasteiger partial charge on any atom is 0.239 e. The summed E-state index contributed by atoms with van der Waals surface area (Å²) in [5.74, 6) is -0.114. The third kappa shape index (κ3) is 8.70.